The number of nitrogens with one attached hydrogen (secondary N) is 1. The van der Waals surface area contributed by atoms with E-state index < -0.39 is 11.7 Å². The summed E-state index contributed by atoms with van der Waals surface area (Å²) in [7, 11) is 0. The smallest absolute Gasteiger partial charge is 0.422 e. The van der Waals surface area contributed by atoms with Gasteiger partial charge in [0.05, 0.1) is 0 Å². The zero-order chi connectivity index (χ0) is 16.3. The number of aromatic nitrogens is 1. The van der Waals surface area contributed by atoms with Gasteiger partial charge >= 0.3 is 6.18 Å². The molecule has 1 heterocycles. The number of rotatable bonds is 3. The molecule has 2 rings (SSSR count). The largest absolute Gasteiger partial charge is 1.00 e. The Hall–Kier alpha value is -1.89. The van der Waals surface area contributed by atoms with E-state index in [1.807, 2.05) is 32.0 Å². The van der Waals surface area contributed by atoms with Crippen LogP contribution < -0.4 is 26.9 Å². The van der Waals surface area contributed by atoms with Crippen molar-refractivity contribution < 1.29 is 39.5 Å². The molecule has 124 valence electrons. The van der Waals surface area contributed by atoms with Crippen molar-refractivity contribution in [2.24, 2.45) is 0 Å². The van der Waals surface area contributed by atoms with Gasteiger partial charge in [-0.15, -0.1) is 0 Å². The van der Waals surface area contributed by atoms with Crippen LogP contribution in [0.25, 0.3) is 0 Å². The molecule has 0 aliphatic rings. The zero-order valence-corrected chi connectivity index (χ0v) is 14.2. The predicted molar refractivity (Wildman–Crippen MR) is 76.2 cm³/mol. The van der Waals surface area contributed by atoms with Crippen LogP contribution in [0.3, 0.4) is 0 Å². The van der Waals surface area contributed by atoms with Crippen LogP contribution in [0.15, 0.2) is 42.7 Å². The van der Waals surface area contributed by atoms with Gasteiger partial charge in [-0.1, -0.05) is 18.2 Å². The van der Waals surface area contributed by atoms with Crippen LogP contribution in [0, 0.1) is 13.8 Å². The summed E-state index contributed by atoms with van der Waals surface area (Å²) >= 11 is 0. The maximum Gasteiger partial charge on any atom is 0.422 e. The molecule has 0 fully saturated rings. The Morgan fingerprint density at radius 1 is 1.13 bits per heavy atom. The summed E-state index contributed by atoms with van der Waals surface area (Å²) < 4.78 is 39.1. The van der Waals surface area contributed by atoms with Gasteiger partial charge in [-0.25, -0.2) is 0 Å². The molecule has 3 nitrogen and oxygen atoms in total. The SMILES string of the molecule is Cc1cccc(C)c1NC(=O)C[n+]1cccc(C(F)(F)F)c1.[Br-]. The predicted octanol–water partition coefficient (Wildman–Crippen LogP) is 0.252. The van der Waals surface area contributed by atoms with Gasteiger partial charge in [-0.3, -0.25) is 4.79 Å². The van der Waals surface area contributed by atoms with Crippen LogP contribution in [-0.2, 0) is 17.5 Å². The average molecular weight is 389 g/mol. The maximum absolute atomic E-state index is 12.6. The maximum atomic E-state index is 12.6. The molecule has 7 heteroatoms. The third-order valence-corrected chi connectivity index (χ3v) is 3.26. The molecule has 2 aromatic rings. The van der Waals surface area contributed by atoms with Gasteiger partial charge in [0.1, 0.15) is 5.56 Å². The number of para-hydroxylation sites is 1. The van der Waals surface area contributed by atoms with Crippen molar-refractivity contribution in [2.45, 2.75) is 26.6 Å². The molecule has 0 aliphatic carbocycles. The molecular formula is C16H16BrF3N2O. The normalized spacial score (nSPS) is 10.8. The van der Waals surface area contributed by atoms with Crippen LogP contribution in [0.1, 0.15) is 16.7 Å². The van der Waals surface area contributed by atoms with E-state index in [0.29, 0.717) is 5.69 Å². The molecule has 0 atom stereocenters. The Morgan fingerprint density at radius 3 is 2.30 bits per heavy atom. The number of carbonyl (C=O) groups is 1. The summed E-state index contributed by atoms with van der Waals surface area (Å²) in [6.07, 6.45) is -2.07. The second-order valence-corrected chi connectivity index (χ2v) is 5.08. The first-order valence-electron chi connectivity index (χ1n) is 6.70. The topological polar surface area (TPSA) is 33.0 Å². The number of pyridine rings is 1. The summed E-state index contributed by atoms with van der Waals surface area (Å²) in [6.45, 7) is 3.54. The molecule has 1 aromatic heterocycles. The Morgan fingerprint density at radius 2 is 1.74 bits per heavy atom. The van der Waals surface area contributed by atoms with Gasteiger partial charge in [0, 0.05) is 11.8 Å². The van der Waals surface area contributed by atoms with Crippen LogP contribution >= 0.6 is 0 Å². The summed E-state index contributed by atoms with van der Waals surface area (Å²) in [5, 5.41) is 2.74. The Balaban J connectivity index is 0.00000264. The highest BCUT2D eigenvalue weighted by Crippen LogP contribution is 2.27. The molecule has 23 heavy (non-hydrogen) atoms. The number of aryl methyl sites for hydroxylation is 2. The number of benzene rings is 1. The molecule has 0 saturated carbocycles. The lowest BCUT2D eigenvalue weighted by Gasteiger charge is -2.10. The van der Waals surface area contributed by atoms with Gasteiger partial charge in [-0.05, 0) is 31.0 Å². The van der Waals surface area contributed by atoms with E-state index in [2.05, 4.69) is 5.32 Å². The van der Waals surface area contributed by atoms with E-state index in [1.165, 1.54) is 16.8 Å². The van der Waals surface area contributed by atoms with Crippen molar-refractivity contribution in [1.29, 1.82) is 0 Å². The minimum Gasteiger partial charge on any atom is -1.00 e. The fourth-order valence-electron chi connectivity index (χ4n) is 2.14. The van der Waals surface area contributed by atoms with E-state index in [0.717, 1.165) is 23.4 Å². The molecule has 0 saturated heterocycles. The third-order valence-electron chi connectivity index (χ3n) is 3.26. The Kier molecular flexibility index (Phi) is 6.32. The van der Waals surface area contributed by atoms with Gasteiger partial charge in [-0.2, -0.15) is 17.7 Å². The molecular weight excluding hydrogens is 373 g/mol. The summed E-state index contributed by atoms with van der Waals surface area (Å²) in [5.41, 5.74) is 1.72. The molecule has 0 radical (unpaired) electrons. The van der Waals surface area contributed by atoms with E-state index >= 15 is 0 Å². The van der Waals surface area contributed by atoms with Crippen molar-refractivity contribution >= 4 is 11.6 Å². The van der Waals surface area contributed by atoms with E-state index in [-0.39, 0.29) is 29.4 Å². The number of nitrogens with zero attached hydrogens (tertiary/aromatic N) is 1. The van der Waals surface area contributed by atoms with Gasteiger partial charge in [0.2, 0.25) is 6.54 Å². The third kappa shape index (κ3) is 5.06. The fourth-order valence-corrected chi connectivity index (χ4v) is 2.14. The number of hydrogen-bond donors (Lipinski definition) is 1. The molecule has 0 unspecified atom stereocenters. The Labute approximate surface area is 142 Å². The first kappa shape index (κ1) is 19.2. The van der Waals surface area contributed by atoms with Crippen molar-refractivity contribution in [3.8, 4) is 0 Å². The second-order valence-electron chi connectivity index (χ2n) is 5.08. The highest BCUT2D eigenvalue weighted by atomic mass is 79.9. The van der Waals surface area contributed by atoms with E-state index in [9.17, 15) is 18.0 Å². The minimum atomic E-state index is -4.42. The van der Waals surface area contributed by atoms with Gasteiger partial charge in [0.15, 0.2) is 12.4 Å². The molecule has 1 N–H and O–H groups in total. The molecule has 0 aliphatic heterocycles. The number of halogens is 4. The lowest BCUT2D eigenvalue weighted by Crippen LogP contribution is -3.00. The van der Waals surface area contributed by atoms with Gasteiger partial charge < -0.3 is 22.3 Å². The van der Waals surface area contributed by atoms with Crippen molar-refractivity contribution in [3.63, 3.8) is 0 Å². The summed E-state index contributed by atoms with van der Waals surface area (Å²) in [5.74, 6) is -0.373. The number of carbonyl (C=O) groups excluding carboxylic acids is 1. The van der Waals surface area contributed by atoms with Crippen molar-refractivity contribution in [1.82, 2.24) is 0 Å². The van der Waals surface area contributed by atoms with E-state index in [4.69, 9.17) is 0 Å². The number of hydrogen-bond acceptors (Lipinski definition) is 1. The van der Waals surface area contributed by atoms with Gasteiger partial charge in [0.25, 0.3) is 5.91 Å². The molecule has 0 spiro atoms. The minimum absolute atomic E-state index is 0. The number of anilines is 1. The quantitative estimate of drug-likeness (QED) is 0.751. The van der Waals surface area contributed by atoms with Crippen LogP contribution in [0.5, 0.6) is 0 Å². The fraction of sp³-hybridized carbons (Fsp3) is 0.250. The molecule has 0 bridgehead atoms. The van der Waals surface area contributed by atoms with E-state index in [1.54, 1.807) is 0 Å². The van der Waals surface area contributed by atoms with Crippen molar-refractivity contribution in [3.05, 3.63) is 59.4 Å². The zero-order valence-electron chi connectivity index (χ0n) is 12.6. The van der Waals surface area contributed by atoms with Crippen LogP contribution in [-0.4, -0.2) is 5.91 Å². The average Bonchev–Trinajstić information content (AvgIpc) is 2.42. The molecule has 1 aromatic carbocycles. The summed E-state index contributed by atoms with van der Waals surface area (Å²) in [4.78, 5) is 12.0. The lowest BCUT2D eigenvalue weighted by molar-refractivity contribution is -0.685. The second kappa shape index (κ2) is 7.59. The Bertz CT molecular complexity index is 682. The lowest BCUT2D eigenvalue weighted by atomic mass is 10.1. The molecule has 1 amide bonds. The number of amides is 1. The van der Waals surface area contributed by atoms with Crippen LogP contribution in [0.4, 0.5) is 18.9 Å². The highest BCUT2D eigenvalue weighted by Gasteiger charge is 2.33. The first-order chi connectivity index (χ1) is 10.3. The summed E-state index contributed by atoms with van der Waals surface area (Å²) in [6, 6.07) is 7.84. The van der Waals surface area contributed by atoms with Crippen LogP contribution in [0.2, 0.25) is 0 Å². The highest BCUT2D eigenvalue weighted by molar-refractivity contribution is 5.91. The first-order valence-corrected chi connectivity index (χ1v) is 6.70. The standard InChI is InChI=1S/C16H15F3N2O.BrH/c1-11-5-3-6-12(2)15(11)20-14(22)10-21-8-4-7-13(9-21)16(17,18)19;/h3-9H,10H2,1-2H3;1H. The monoisotopic (exact) mass is 388 g/mol. The number of alkyl halides is 3. The van der Waals surface area contributed by atoms with Crippen molar-refractivity contribution in [2.75, 3.05) is 5.32 Å².